The molecule has 24 heavy (non-hydrogen) atoms. The lowest BCUT2D eigenvalue weighted by Gasteiger charge is -2.04. The molecule has 0 atom stereocenters. The summed E-state index contributed by atoms with van der Waals surface area (Å²) in [6, 6.07) is 18.0. The number of aromatic amines is 1. The van der Waals surface area contributed by atoms with E-state index >= 15 is 0 Å². The van der Waals surface area contributed by atoms with Crippen molar-refractivity contribution < 1.29 is 0 Å². The fourth-order valence-electron chi connectivity index (χ4n) is 2.26. The van der Waals surface area contributed by atoms with Gasteiger partial charge in [0.05, 0.1) is 6.21 Å². The van der Waals surface area contributed by atoms with Crippen molar-refractivity contribution in [3.63, 3.8) is 0 Å². The van der Waals surface area contributed by atoms with Crippen LogP contribution in [-0.4, -0.2) is 21.1 Å². The first-order valence-corrected chi connectivity index (χ1v) is 8.55. The van der Waals surface area contributed by atoms with E-state index in [4.69, 9.17) is 12.2 Å². The van der Waals surface area contributed by atoms with Gasteiger partial charge >= 0.3 is 0 Å². The van der Waals surface area contributed by atoms with E-state index in [9.17, 15) is 0 Å². The molecule has 0 radical (unpaired) electrons. The third kappa shape index (κ3) is 3.77. The fraction of sp³-hybridized carbons (Fsp3) is 0.0556. The number of aryl methyl sites for hydroxylation is 1. The van der Waals surface area contributed by atoms with Crippen molar-refractivity contribution in [2.75, 3.05) is 0 Å². The molecule has 0 fully saturated rings. The molecule has 0 aliphatic carbocycles. The van der Waals surface area contributed by atoms with Crippen LogP contribution in [0, 0.1) is 11.7 Å². The molecule has 0 bridgehead atoms. The number of hydrogen-bond acceptors (Lipinski definition) is 3. The number of nitrogens with zero attached hydrogens (tertiary/aromatic N) is 3. The summed E-state index contributed by atoms with van der Waals surface area (Å²) < 4.78 is 2.91. The summed E-state index contributed by atoms with van der Waals surface area (Å²) in [7, 11) is 0. The summed E-state index contributed by atoms with van der Waals surface area (Å²) in [6.07, 6.45) is 3.70. The second-order valence-electron chi connectivity index (χ2n) is 5.16. The Hall–Kier alpha value is -2.31. The smallest absolute Gasteiger partial charge is 0.216 e. The van der Waals surface area contributed by atoms with E-state index in [0.717, 1.165) is 21.2 Å². The Labute approximate surface area is 153 Å². The van der Waals surface area contributed by atoms with Crippen LogP contribution in [0.15, 0.2) is 64.2 Å². The monoisotopic (exact) mass is 398 g/mol. The van der Waals surface area contributed by atoms with E-state index in [1.807, 2.05) is 67.6 Å². The average molecular weight is 399 g/mol. The lowest BCUT2D eigenvalue weighted by molar-refractivity contribution is 0.871. The Morgan fingerprint density at radius 3 is 2.62 bits per heavy atom. The van der Waals surface area contributed by atoms with E-state index in [-0.39, 0.29) is 0 Å². The first-order valence-electron chi connectivity index (χ1n) is 7.35. The SMILES string of the molecule is Cc1ccccc1-c1n[nH]c(=S)n1/N=C/C(Br)=C/c1ccccc1. The molecule has 4 nitrogen and oxygen atoms in total. The van der Waals surface area contributed by atoms with Gasteiger partial charge in [0.25, 0.3) is 0 Å². The van der Waals surface area contributed by atoms with E-state index in [2.05, 4.69) is 31.2 Å². The zero-order chi connectivity index (χ0) is 16.9. The minimum absolute atomic E-state index is 0.449. The minimum atomic E-state index is 0.449. The Morgan fingerprint density at radius 2 is 1.88 bits per heavy atom. The molecule has 1 aromatic heterocycles. The predicted molar refractivity (Wildman–Crippen MR) is 105 cm³/mol. The molecule has 0 spiro atoms. The van der Waals surface area contributed by atoms with Crippen molar-refractivity contribution in [1.29, 1.82) is 0 Å². The van der Waals surface area contributed by atoms with Gasteiger partial charge in [0.2, 0.25) is 4.77 Å². The third-order valence-electron chi connectivity index (χ3n) is 3.44. The summed E-state index contributed by atoms with van der Waals surface area (Å²) in [5, 5.41) is 11.6. The summed E-state index contributed by atoms with van der Waals surface area (Å²) in [4.78, 5) is 0. The van der Waals surface area contributed by atoms with Crippen LogP contribution in [0.5, 0.6) is 0 Å². The van der Waals surface area contributed by atoms with Crippen LogP contribution >= 0.6 is 28.1 Å². The van der Waals surface area contributed by atoms with Crippen LogP contribution in [0.1, 0.15) is 11.1 Å². The average Bonchev–Trinajstić information content (AvgIpc) is 2.95. The lowest BCUT2D eigenvalue weighted by Crippen LogP contribution is -1.95. The molecule has 1 N–H and O–H groups in total. The van der Waals surface area contributed by atoms with Gasteiger partial charge in [0, 0.05) is 10.0 Å². The van der Waals surface area contributed by atoms with Gasteiger partial charge in [-0.3, -0.25) is 0 Å². The molecule has 0 amide bonds. The summed E-state index contributed by atoms with van der Waals surface area (Å²) in [5.41, 5.74) is 3.19. The molecule has 3 rings (SSSR count). The number of hydrogen-bond donors (Lipinski definition) is 1. The quantitative estimate of drug-likeness (QED) is 0.485. The molecule has 0 saturated heterocycles. The highest BCUT2D eigenvalue weighted by atomic mass is 79.9. The maximum Gasteiger partial charge on any atom is 0.216 e. The largest absolute Gasteiger partial charge is 0.250 e. The zero-order valence-electron chi connectivity index (χ0n) is 13.0. The molecule has 0 aliphatic rings. The molecule has 0 saturated carbocycles. The van der Waals surface area contributed by atoms with E-state index in [1.165, 1.54) is 0 Å². The van der Waals surface area contributed by atoms with Gasteiger partial charge in [0.1, 0.15) is 0 Å². The second kappa shape index (κ2) is 7.51. The molecule has 6 heteroatoms. The second-order valence-corrected chi connectivity index (χ2v) is 6.47. The zero-order valence-corrected chi connectivity index (χ0v) is 15.4. The summed E-state index contributed by atoms with van der Waals surface area (Å²) >= 11 is 8.81. The number of halogens is 1. The van der Waals surface area contributed by atoms with Gasteiger partial charge in [-0.05, 0) is 52.3 Å². The van der Waals surface area contributed by atoms with Crippen molar-refractivity contribution in [2.24, 2.45) is 5.10 Å². The maximum absolute atomic E-state index is 5.29. The minimum Gasteiger partial charge on any atom is -0.250 e. The number of benzene rings is 2. The van der Waals surface area contributed by atoms with Crippen LogP contribution in [-0.2, 0) is 0 Å². The van der Waals surface area contributed by atoms with Crippen molar-refractivity contribution >= 4 is 40.4 Å². The Morgan fingerprint density at radius 1 is 1.17 bits per heavy atom. The molecule has 3 aromatic rings. The highest BCUT2D eigenvalue weighted by Crippen LogP contribution is 2.21. The van der Waals surface area contributed by atoms with Crippen LogP contribution in [0.4, 0.5) is 0 Å². The van der Waals surface area contributed by atoms with Crippen LogP contribution in [0.2, 0.25) is 0 Å². The van der Waals surface area contributed by atoms with Gasteiger partial charge in [-0.1, -0.05) is 54.6 Å². The van der Waals surface area contributed by atoms with Gasteiger partial charge in [-0.25, -0.2) is 5.10 Å². The summed E-state index contributed by atoms with van der Waals surface area (Å²) in [5.74, 6) is 0.689. The fourth-order valence-corrected chi connectivity index (χ4v) is 2.79. The first-order chi connectivity index (χ1) is 11.6. The van der Waals surface area contributed by atoms with Gasteiger partial charge in [0.15, 0.2) is 5.82 Å². The normalized spacial score (nSPS) is 12.0. The predicted octanol–water partition coefficient (Wildman–Crippen LogP) is 5.19. The molecule has 0 unspecified atom stereocenters. The topological polar surface area (TPSA) is 46.0 Å². The molecule has 2 aromatic carbocycles. The van der Waals surface area contributed by atoms with Gasteiger partial charge in [-0.15, -0.1) is 0 Å². The Kier molecular flexibility index (Phi) is 5.17. The van der Waals surface area contributed by atoms with Gasteiger partial charge in [-0.2, -0.15) is 14.9 Å². The molecule has 0 aliphatic heterocycles. The van der Waals surface area contributed by atoms with E-state index in [0.29, 0.717) is 10.6 Å². The van der Waals surface area contributed by atoms with Crippen molar-refractivity contribution in [3.05, 3.63) is 75.0 Å². The molecule has 1 heterocycles. The van der Waals surface area contributed by atoms with Crippen molar-refractivity contribution in [1.82, 2.24) is 14.9 Å². The maximum atomic E-state index is 5.29. The van der Waals surface area contributed by atoms with Crippen LogP contribution in [0.25, 0.3) is 17.5 Å². The number of rotatable bonds is 4. The first kappa shape index (κ1) is 16.5. The van der Waals surface area contributed by atoms with Crippen LogP contribution in [0.3, 0.4) is 0 Å². The van der Waals surface area contributed by atoms with Crippen molar-refractivity contribution in [2.45, 2.75) is 6.92 Å². The molecular formula is C18H15BrN4S. The third-order valence-corrected chi connectivity index (χ3v) is 4.13. The number of aromatic nitrogens is 3. The Balaban J connectivity index is 1.94. The van der Waals surface area contributed by atoms with Crippen molar-refractivity contribution in [3.8, 4) is 11.4 Å². The van der Waals surface area contributed by atoms with Crippen LogP contribution < -0.4 is 0 Å². The summed E-state index contributed by atoms with van der Waals surface area (Å²) in [6.45, 7) is 2.03. The lowest BCUT2D eigenvalue weighted by atomic mass is 10.1. The van der Waals surface area contributed by atoms with E-state index in [1.54, 1.807) is 10.9 Å². The Bertz CT molecular complexity index is 954. The molecular weight excluding hydrogens is 384 g/mol. The van der Waals surface area contributed by atoms with E-state index < -0.39 is 0 Å². The number of nitrogens with one attached hydrogen (secondary N) is 1. The highest BCUT2D eigenvalue weighted by Gasteiger charge is 2.09. The highest BCUT2D eigenvalue weighted by molar-refractivity contribution is 9.12. The standard InChI is InChI=1S/C18H15BrN4S/c1-13-7-5-6-10-16(13)17-21-22-18(24)23(17)20-12-15(19)11-14-8-3-2-4-9-14/h2-12H,1H3,(H,22,24)/b15-11-,20-12+. The number of allylic oxidation sites excluding steroid dienone is 1. The molecule has 120 valence electrons. The number of H-pyrrole nitrogens is 1. The van der Waals surface area contributed by atoms with Gasteiger partial charge < -0.3 is 0 Å².